The van der Waals surface area contributed by atoms with Crippen molar-refractivity contribution in [1.29, 1.82) is 0 Å². The molecule has 0 atom stereocenters. The van der Waals surface area contributed by atoms with Crippen molar-refractivity contribution in [1.82, 2.24) is 10.2 Å². The Kier molecular flexibility index (Phi) is 4.42. The molecule has 3 heteroatoms. The maximum Gasteiger partial charge on any atom is 0.123 e. The van der Waals surface area contributed by atoms with Crippen LogP contribution in [0.25, 0.3) is 10.8 Å². The monoisotopic (exact) mass is 284 g/mol. The first-order valence-corrected chi connectivity index (χ1v) is 7.74. The number of methoxy groups -OCH3 is 1. The van der Waals surface area contributed by atoms with Gasteiger partial charge in [-0.25, -0.2) is 0 Å². The van der Waals surface area contributed by atoms with Gasteiger partial charge in [-0.1, -0.05) is 30.3 Å². The van der Waals surface area contributed by atoms with E-state index < -0.39 is 0 Å². The zero-order valence-corrected chi connectivity index (χ0v) is 12.9. The second-order valence-electron chi connectivity index (χ2n) is 5.93. The average molecular weight is 284 g/mol. The quantitative estimate of drug-likeness (QED) is 0.934. The second-order valence-corrected chi connectivity index (χ2v) is 5.93. The third kappa shape index (κ3) is 3.20. The Morgan fingerprint density at radius 2 is 1.90 bits per heavy atom. The lowest BCUT2D eigenvalue weighted by atomic mass is 10.0. The van der Waals surface area contributed by atoms with Crippen LogP contribution in [0.15, 0.2) is 36.4 Å². The summed E-state index contributed by atoms with van der Waals surface area (Å²) >= 11 is 0. The number of hydrogen-bond donors (Lipinski definition) is 1. The highest BCUT2D eigenvalue weighted by Gasteiger charge is 2.17. The molecule has 1 aliphatic heterocycles. The second kappa shape index (κ2) is 6.46. The molecule has 0 amide bonds. The van der Waals surface area contributed by atoms with Crippen LogP contribution < -0.4 is 10.1 Å². The smallest absolute Gasteiger partial charge is 0.123 e. The SMILES string of the molecule is COc1ccc2ccccc2c1CNC1CCN(C)CC1. The molecule has 3 rings (SSSR count). The molecule has 1 fully saturated rings. The van der Waals surface area contributed by atoms with E-state index in [0.29, 0.717) is 6.04 Å². The lowest BCUT2D eigenvalue weighted by Gasteiger charge is -2.30. The first-order valence-electron chi connectivity index (χ1n) is 7.74. The normalized spacial score (nSPS) is 17.2. The molecule has 1 heterocycles. The predicted octanol–water partition coefficient (Wildman–Crippen LogP) is 3.03. The first kappa shape index (κ1) is 14.4. The molecule has 0 radical (unpaired) electrons. The lowest BCUT2D eigenvalue weighted by Crippen LogP contribution is -2.40. The number of ether oxygens (including phenoxy) is 1. The molecule has 1 saturated heterocycles. The molecule has 1 aliphatic rings. The lowest BCUT2D eigenvalue weighted by molar-refractivity contribution is 0.234. The fraction of sp³-hybridized carbons (Fsp3) is 0.444. The first-order chi connectivity index (χ1) is 10.3. The fourth-order valence-electron chi connectivity index (χ4n) is 3.15. The van der Waals surface area contributed by atoms with Crippen molar-refractivity contribution >= 4 is 10.8 Å². The number of benzene rings is 2. The molecule has 0 aromatic heterocycles. The van der Waals surface area contributed by atoms with Gasteiger partial charge >= 0.3 is 0 Å². The zero-order chi connectivity index (χ0) is 14.7. The van der Waals surface area contributed by atoms with E-state index in [4.69, 9.17) is 4.74 Å². The molecular formula is C18H24N2O. The van der Waals surface area contributed by atoms with E-state index in [1.54, 1.807) is 7.11 Å². The maximum atomic E-state index is 5.56. The Morgan fingerprint density at radius 3 is 2.67 bits per heavy atom. The highest BCUT2D eigenvalue weighted by Crippen LogP contribution is 2.28. The Balaban J connectivity index is 1.79. The van der Waals surface area contributed by atoms with Crippen LogP contribution in [0, 0.1) is 0 Å². The summed E-state index contributed by atoms with van der Waals surface area (Å²) in [6.07, 6.45) is 2.45. The molecule has 2 aromatic carbocycles. The number of fused-ring (bicyclic) bond motifs is 1. The number of likely N-dealkylation sites (tertiary alicyclic amines) is 1. The zero-order valence-electron chi connectivity index (χ0n) is 12.9. The molecule has 0 saturated carbocycles. The molecule has 1 N–H and O–H groups in total. The molecular weight excluding hydrogens is 260 g/mol. The topological polar surface area (TPSA) is 24.5 Å². The number of piperidine rings is 1. The van der Waals surface area contributed by atoms with E-state index in [2.05, 4.69) is 53.7 Å². The molecule has 0 unspecified atom stereocenters. The number of rotatable bonds is 4. The molecule has 0 bridgehead atoms. The minimum atomic E-state index is 0.616. The van der Waals surface area contributed by atoms with Gasteiger partial charge in [0.15, 0.2) is 0 Å². The van der Waals surface area contributed by atoms with Gasteiger partial charge in [-0.05, 0) is 49.8 Å². The number of nitrogens with zero attached hydrogens (tertiary/aromatic N) is 1. The van der Waals surface area contributed by atoms with Crippen molar-refractivity contribution < 1.29 is 4.74 Å². The predicted molar refractivity (Wildman–Crippen MR) is 87.9 cm³/mol. The van der Waals surface area contributed by atoms with Crippen LogP contribution in [-0.4, -0.2) is 38.2 Å². The van der Waals surface area contributed by atoms with Crippen molar-refractivity contribution in [3.05, 3.63) is 42.0 Å². The van der Waals surface area contributed by atoms with Crippen LogP contribution >= 0.6 is 0 Å². The van der Waals surface area contributed by atoms with E-state index in [-0.39, 0.29) is 0 Å². The Hall–Kier alpha value is -1.58. The van der Waals surface area contributed by atoms with Crippen LogP contribution in [0.4, 0.5) is 0 Å². The van der Waals surface area contributed by atoms with Gasteiger partial charge in [-0.2, -0.15) is 0 Å². The summed E-state index contributed by atoms with van der Waals surface area (Å²) < 4.78 is 5.56. The van der Waals surface area contributed by atoms with Gasteiger partial charge in [0.05, 0.1) is 7.11 Å². The third-order valence-corrected chi connectivity index (χ3v) is 4.50. The van der Waals surface area contributed by atoms with Crippen molar-refractivity contribution in [3.8, 4) is 5.75 Å². The van der Waals surface area contributed by atoms with Crippen LogP contribution in [0.1, 0.15) is 18.4 Å². The van der Waals surface area contributed by atoms with Crippen LogP contribution in [0.3, 0.4) is 0 Å². The molecule has 3 nitrogen and oxygen atoms in total. The number of nitrogens with one attached hydrogen (secondary N) is 1. The van der Waals surface area contributed by atoms with E-state index >= 15 is 0 Å². The van der Waals surface area contributed by atoms with E-state index in [9.17, 15) is 0 Å². The Bertz CT molecular complexity index is 603. The summed E-state index contributed by atoms with van der Waals surface area (Å²) in [5, 5.41) is 6.28. The summed E-state index contributed by atoms with van der Waals surface area (Å²) in [5.74, 6) is 0.981. The highest BCUT2D eigenvalue weighted by molar-refractivity contribution is 5.87. The summed E-state index contributed by atoms with van der Waals surface area (Å²) in [6.45, 7) is 3.24. The van der Waals surface area contributed by atoms with Crippen molar-refractivity contribution in [2.45, 2.75) is 25.4 Å². The van der Waals surface area contributed by atoms with Crippen LogP contribution in [-0.2, 0) is 6.54 Å². The summed E-state index contributed by atoms with van der Waals surface area (Å²) in [7, 11) is 3.95. The largest absolute Gasteiger partial charge is 0.496 e. The number of hydrogen-bond acceptors (Lipinski definition) is 3. The standard InChI is InChI=1S/C18H24N2O/c1-20-11-9-15(10-12-20)19-13-17-16-6-4-3-5-14(16)7-8-18(17)21-2/h3-8,15,19H,9-13H2,1-2H3. The van der Waals surface area contributed by atoms with Gasteiger partial charge in [0.1, 0.15) is 5.75 Å². The fourth-order valence-corrected chi connectivity index (χ4v) is 3.15. The molecule has 21 heavy (non-hydrogen) atoms. The van der Waals surface area contributed by atoms with Gasteiger partial charge in [0, 0.05) is 18.2 Å². The van der Waals surface area contributed by atoms with Crippen LogP contribution in [0.2, 0.25) is 0 Å². The summed E-state index contributed by atoms with van der Waals surface area (Å²) in [6, 6.07) is 13.4. The van der Waals surface area contributed by atoms with E-state index in [1.807, 2.05) is 0 Å². The van der Waals surface area contributed by atoms with E-state index in [0.717, 1.165) is 12.3 Å². The third-order valence-electron chi connectivity index (χ3n) is 4.50. The van der Waals surface area contributed by atoms with Gasteiger partial charge in [0.2, 0.25) is 0 Å². The van der Waals surface area contributed by atoms with E-state index in [1.165, 1.54) is 42.3 Å². The summed E-state index contributed by atoms with van der Waals surface area (Å²) in [5.41, 5.74) is 1.27. The maximum absolute atomic E-state index is 5.56. The Morgan fingerprint density at radius 1 is 1.14 bits per heavy atom. The molecule has 2 aromatic rings. The van der Waals surface area contributed by atoms with Crippen molar-refractivity contribution in [2.24, 2.45) is 0 Å². The van der Waals surface area contributed by atoms with Gasteiger partial charge in [0.25, 0.3) is 0 Å². The van der Waals surface area contributed by atoms with Gasteiger partial charge < -0.3 is 15.0 Å². The highest BCUT2D eigenvalue weighted by atomic mass is 16.5. The Labute approximate surface area is 126 Å². The minimum absolute atomic E-state index is 0.616. The van der Waals surface area contributed by atoms with Gasteiger partial charge in [-0.15, -0.1) is 0 Å². The minimum Gasteiger partial charge on any atom is -0.496 e. The average Bonchev–Trinajstić information content (AvgIpc) is 2.54. The molecule has 0 aliphatic carbocycles. The van der Waals surface area contributed by atoms with Crippen molar-refractivity contribution in [2.75, 3.05) is 27.2 Å². The molecule has 0 spiro atoms. The molecule has 112 valence electrons. The van der Waals surface area contributed by atoms with Crippen LogP contribution in [0.5, 0.6) is 5.75 Å². The van der Waals surface area contributed by atoms with Crippen molar-refractivity contribution in [3.63, 3.8) is 0 Å². The summed E-state index contributed by atoms with van der Waals surface area (Å²) in [4.78, 5) is 2.40. The van der Waals surface area contributed by atoms with Gasteiger partial charge in [-0.3, -0.25) is 0 Å².